The molecule has 1 aliphatic heterocycles. The molecule has 0 spiro atoms. The van der Waals surface area contributed by atoms with Crippen LogP contribution in [0.25, 0.3) is 0 Å². The van der Waals surface area contributed by atoms with Crippen molar-refractivity contribution in [3.05, 3.63) is 29.3 Å². The molecule has 112 valence electrons. The van der Waals surface area contributed by atoms with Crippen LogP contribution in [0.5, 0.6) is 0 Å². The van der Waals surface area contributed by atoms with Gasteiger partial charge in [-0.1, -0.05) is 31.4 Å². The molecule has 3 rings (SSSR count). The largest absolute Gasteiger partial charge is 0.374 e. The lowest BCUT2D eigenvalue weighted by Crippen LogP contribution is -2.34. The number of hydrogen-bond donors (Lipinski definition) is 1. The highest BCUT2D eigenvalue weighted by molar-refractivity contribution is 5.56. The van der Waals surface area contributed by atoms with E-state index in [0.29, 0.717) is 6.04 Å². The minimum absolute atomic E-state index is 0.161. The van der Waals surface area contributed by atoms with Gasteiger partial charge in [-0.3, -0.25) is 5.32 Å². The minimum Gasteiger partial charge on any atom is -0.374 e. The Hall–Kier alpha value is -1.53. The third-order valence-corrected chi connectivity index (χ3v) is 4.92. The van der Waals surface area contributed by atoms with E-state index in [1.165, 1.54) is 49.8 Å². The van der Waals surface area contributed by atoms with E-state index in [1.54, 1.807) is 0 Å². The lowest BCUT2D eigenvalue weighted by molar-refractivity contribution is 0.359. The van der Waals surface area contributed by atoms with E-state index in [-0.39, 0.29) is 6.04 Å². The van der Waals surface area contributed by atoms with Gasteiger partial charge in [0.25, 0.3) is 0 Å². The Morgan fingerprint density at radius 2 is 2.05 bits per heavy atom. The van der Waals surface area contributed by atoms with E-state index < -0.39 is 0 Å². The van der Waals surface area contributed by atoms with Gasteiger partial charge in [-0.15, -0.1) is 0 Å². The highest BCUT2D eigenvalue weighted by atomic mass is 15.1. The Morgan fingerprint density at radius 3 is 2.81 bits per heavy atom. The maximum Gasteiger partial charge on any atom is 0.121 e. The Kier molecular flexibility index (Phi) is 4.45. The molecule has 1 aromatic rings. The molecule has 2 aliphatic rings. The van der Waals surface area contributed by atoms with Crippen molar-refractivity contribution in [3.63, 3.8) is 0 Å². The van der Waals surface area contributed by atoms with Crippen LogP contribution in [0.1, 0.15) is 55.7 Å². The molecule has 1 unspecified atom stereocenters. The SMILES string of the molecule is CN1CCCc2cc(C(C#N)NC3CCCCC3)ccc21. The van der Waals surface area contributed by atoms with Crippen LogP contribution >= 0.6 is 0 Å². The van der Waals surface area contributed by atoms with E-state index in [4.69, 9.17) is 0 Å². The average Bonchev–Trinajstić information content (AvgIpc) is 2.53. The maximum atomic E-state index is 9.54. The van der Waals surface area contributed by atoms with Gasteiger partial charge >= 0.3 is 0 Å². The highest BCUT2D eigenvalue weighted by Gasteiger charge is 2.21. The van der Waals surface area contributed by atoms with E-state index in [0.717, 1.165) is 18.5 Å². The standard InChI is InChI=1S/C18H25N3/c1-21-11-5-6-15-12-14(9-10-18(15)21)17(13-19)20-16-7-3-2-4-8-16/h9-10,12,16-17,20H,2-8,11H2,1H3. The number of fused-ring (bicyclic) bond motifs is 1. The summed E-state index contributed by atoms with van der Waals surface area (Å²) in [4.78, 5) is 2.32. The molecule has 1 N–H and O–H groups in total. The first kappa shape index (κ1) is 14.4. The van der Waals surface area contributed by atoms with Crippen molar-refractivity contribution in [3.8, 4) is 6.07 Å². The molecular weight excluding hydrogens is 258 g/mol. The average molecular weight is 283 g/mol. The van der Waals surface area contributed by atoms with Crippen LogP contribution in [0.4, 0.5) is 5.69 Å². The molecule has 0 bridgehead atoms. The van der Waals surface area contributed by atoms with Gasteiger partial charge < -0.3 is 4.90 Å². The number of rotatable bonds is 3. The van der Waals surface area contributed by atoms with E-state index >= 15 is 0 Å². The molecule has 1 fully saturated rings. The summed E-state index contributed by atoms with van der Waals surface area (Å²) in [6, 6.07) is 9.38. The Balaban J connectivity index is 1.76. The summed E-state index contributed by atoms with van der Waals surface area (Å²) < 4.78 is 0. The first-order valence-corrected chi connectivity index (χ1v) is 8.27. The van der Waals surface area contributed by atoms with E-state index in [2.05, 4.69) is 41.5 Å². The van der Waals surface area contributed by atoms with Gasteiger partial charge in [0.15, 0.2) is 0 Å². The van der Waals surface area contributed by atoms with Crippen molar-refractivity contribution in [2.75, 3.05) is 18.5 Å². The van der Waals surface area contributed by atoms with E-state index in [1.807, 2.05) is 0 Å². The number of nitrogens with zero attached hydrogens (tertiary/aromatic N) is 2. The fourth-order valence-corrected chi connectivity index (χ4v) is 3.70. The number of aryl methyl sites for hydroxylation is 1. The lowest BCUT2D eigenvalue weighted by Gasteiger charge is -2.29. The summed E-state index contributed by atoms with van der Waals surface area (Å²) in [5.41, 5.74) is 3.86. The van der Waals surface area contributed by atoms with Crippen LogP contribution in [0.15, 0.2) is 18.2 Å². The summed E-state index contributed by atoms with van der Waals surface area (Å²) in [6.07, 6.45) is 8.71. The molecule has 3 nitrogen and oxygen atoms in total. The van der Waals surface area contributed by atoms with Crippen molar-refractivity contribution >= 4 is 5.69 Å². The molecule has 0 amide bonds. The van der Waals surface area contributed by atoms with Crippen LogP contribution in [0.2, 0.25) is 0 Å². The highest BCUT2D eigenvalue weighted by Crippen LogP contribution is 2.29. The Bertz CT molecular complexity index is 526. The molecule has 1 aliphatic carbocycles. The van der Waals surface area contributed by atoms with Crippen molar-refractivity contribution in [2.24, 2.45) is 0 Å². The summed E-state index contributed by atoms with van der Waals surface area (Å²) in [5.74, 6) is 0. The fourth-order valence-electron chi connectivity index (χ4n) is 3.70. The predicted octanol–water partition coefficient (Wildman–Crippen LogP) is 3.56. The summed E-state index contributed by atoms with van der Waals surface area (Å²) in [7, 11) is 2.15. The van der Waals surface area contributed by atoms with Crippen molar-refractivity contribution in [2.45, 2.75) is 57.0 Å². The van der Waals surface area contributed by atoms with Crippen molar-refractivity contribution < 1.29 is 0 Å². The minimum atomic E-state index is -0.161. The van der Waals surface area contributed by atoms with Crippen LogP contribution in [0, 0.1) is 11.3 Å². The van der Waals surface area contributed by atoms with Gasteiger partial charge in [-0.05, 0) is 42.9 Å². The maximum absolute atomic E-state index is 9.54. The monoisotopic (exact) mass is 283 g/mol. The summed E-state index contributed by atoms with van der Waals surface area (Å²) in [6.45, 7) is 1.13. The molecule has 0 aromatic heterocycles. The second kappa shape index (κ2) is 6.49. The zero-order chi connectivity index (χ0) is 14.7. The number of nitriles is 1. The van der Waals surface area contributed by atoms with Crippen LogP contribution < -0.4 is 10.2 Å². The molecule has 1 saturated carbocycles. The third-order valence-electron chi connectivity index (χ3n) is 4.92. The molecule has 0 radical (unpaired) electrons. The number of benzene rings is 1. The second-order valence-corrected chi connectivity index (χ2v) is 6.48. The smallest absolute Gasteiger partial charge is 0.121 e. The second-order valence-electron chi connectivity index (χ2n) is 6.48. The van der Waals surface area contributed by atoms with Gasteiger partial charge in [0, 0.05) is 25.3 Å². The van der Waals surface area contributed by atoms with Gasteiger partial charge in [0.05, 0.1) is 6.07 Å². The normalized spacial score (nSPS) is 20.7. The summed E-state index contributed by atoms with van der Waals surface area (Å²) in [5, 5.41) is 13.1. The third kappa shape index (κ3) is 3.22. The Morgan fingerprint density at radius 1 is 1.24 bits per heavy atom. The van der Waals surface area contributed by atoms with E-state index in [9.17, 15) is 5.26 Å². The van der Waals surface area contributed by atoms with Gasteiger partial charge in [0.1, 0.15) is 6.04 Å². The van der Waals surface area contributed by atoms with Gasteiger partial charge in [-0.2, -0.15) is 5.26 Å². The van der Waals surface area contributed by atoms with Crippen molar-refractivity contribution in [1.29, 1.82) is 5.26 Å². The van der Waals surface area contributed by atoms with Crippen LogP contribution in [0.3, 0.4) is 0 Å². The molecule has 3 heteroatoms. The zero-order valence-electron chi connectivity index (χ0n) is 12.9. The predicted molar refractivity (Wildman–Crippen MR) is 86.4 cm³/mol. The quantitative estimate of drug-likeness (QED) is 0.922. The molecule has 1 heterocycles. The number of hydrogen-bond acceptors (Lipinski definition) is 3. The molecular formula is C18H25N3. The van der Waals surface area contributed by atoms with Gasteiger partial charge in [0.2, 0.25) is 0 Å². The zero-order valence-corrected chi connectivity index (χ0v) is 12.9. The molecule has 0 saturated heterocycles. The molecule has 1 atom stereocenters. The first-order chi connectivity index (χ1) is 10.3. The van der Waals surface area contributed by atoms with Gasteiger partial charge in [-0.25, -0.2) is 0 Å². The van der Waals surface area contributed by atoms with Crippen LogP contribution in [-0.4, -0.2) is 19.6 Å². The Labute approximate surface area is 128 Å². The number of anilines is 1. The van der Waals surface area contributed by atoms with Crippen LogP contribution in [-0.2, 0) is 6.42 Å². The number of nitrogens with one attached hydrogen (secondary N) is 1. The topological polar surface area (TPSA) is 39.1 Å². The molecule has 1 aromatic carbocycles. The lowest BCUT2D eigenvalue weighted by atomic mass is 9.93. The fraction of sp³-hybridized carbons (Fsp3) is 0.611. The summed E-state index contributed by atoms with van der Waals surface area (Å²) >= 11 is 0. The first-order valence-electron chi connectivity index (χ1n) is 8.27. The van der Waals surface area contributed by atoms with Crippen molar-refractivity contribution in [1.82, 2.24) is 5.32 Å². The molecule has 21 heavy (non-hydrogen) atoms.